The summed E-state index contributed by atoms with van der Waals surface area (Å²) in [7, 11) is 0. The summed E-state index contributed by atoms with van der Waals surface area (Å²) in [5.74, 6) is -0.980. The summed E-state index contributed by atoms with van der Waals surface area (Å²) in [6, 6.07) is 6.70. The van der Waals surface area contributed by atoms with Gasteiger partial charge in [0, 0.05) is 6.54 Å². The second kappa shape index (κ2) is 6.01. The van der Waals surface area contributed by atoms with Gasteiger partial charge in [-0.2, -0.15) is 0 Å². The highest BCUT2D eigenvalue weighted by Crippen LogP contribution is 2.22. The first-order chi connectivity index (χ1) is 8.66. The molecule has 0 aliphatic heterocycles. The minimum atomic E-state index is -0.714. The Morgan fingerprint density at radius 2 is 2.17 bits per heavy atom. The molecule has 0 radical (unpaired) electrons. The Hall–Kier alpha value is -1.35. The zero-order valence-corrected chi connectivity index (χ0v) is 10.9. The number of fused-ring (bicyclic) bond motifs is 1. The molecule has 18 heavy (non-hydrogen) atoms. The smallest absolute Gasteiger partial charge is 0.306 e. The van der Waals surface area contributed by atoms with Gasteiger partial charge in [-0.05, 0) is 48.9 Å². The summed E-state index contributed by atoms with van der Waals surface area (Å²) in [5.41, 5.74) is 4.30. The molecule has 1 aromatic carbocycles. The standard InChI is InChI=1S/C15H21NO2/c1-11(15(17)18)7-8-16-10-12-5-6-13-3-2-4-14(13)9-12/h5-6,9,11,16H,2-4,7-8,10H2,1H3,(H,17,18). The fourth-order valence-electron chi connectivity index (χ4n) is 2.41. The molecular weight excluding hydrogens is 226 g/mol. The van der Waals surface area contributed by atoms with Crippen molar-refractivity contribution in [2.24, 2.45) is 5.92 Å². The number of carbonyl (C=O) groups is 1. The molecule has 98 valence electrons. The molecule has 0 spiro atoms. The Kier molecular flexibility index (Phi) is 4.37. The van der Waals surface area contributed by atoms with E-state index in [1.165, 1.54) is 36.0 Å². The molecule has 0 heterocycles. The minimum Gasteiger partial charge on any atom is -0.481 e. The first kappa shape index (κ1) is 13.1. The van der Waals surface area contributed by atoms with E-state index >= 15 is 0 Å². The van der Waals surface area contributed by atoms with Gasteiger partial charge in [-0.3, -0.25) is 4.79 Å². The van der Waals surface area contributed by atoms with Crippen molar-refractivity contribution < 1.29 is 9.90 Å². The van der Waals surface area contributed by atoms with E-state index in [0.717, 1.165) is 13.1 Å². The van der Waals surface area contributed by atoms with Crippen LogP contribution in [0.15, 0.2) is 18.2 Å². The van der Waals surface area contributed by atoms with Gasteiger partial charge in [0.25, 0.3) is 0 Å². The van der Waals surface area contributed by atoms with Gasteiger partial charge >= 0.3 is 5.97 Å². The van der Waals surface area contributed by atoms with E-state index in [1.54, 1.807) is 6.92 Å². The summed E-state index contributed by atoms with van der Waals surface area (Å²) in [6.07, 6.45) is 4.39. The second-order valence-corrected chi connectivity index (χ2v) is 5.16. The molecule has 1 unspecified atom stereocenters. The lowest BCUT2D eigenvalue weighted by molar-refractivity contribution is -0.141. The lowest BCUT2D eigenvalue weighted by Gasteiger charge is -2.09. The van der Waals surface area contributed by atoms with Crippen molar-refractivity contribution in [3.63, 3.8) is 0 Å². The van der Waals surface area contributed by atoms with Crippen LogP contribution >= 0.6 is 0 Å². The lowest BCUT2D eigenvalue weighted by atomic mass is 10.1. The van der Waals surface area contributed by atoms with Crippen molar-refractivity contribution in [3.8, 4) is 0 Å². The molecule has 2 rings (SSSR count). The van der Waals surface area contributed by atoms with Gasteiger partial charge in [-0.1, -0.05) is 25.1 Å². The van der Waals surface area contributed by atoms with E-state index in [4.69, 9.17) is 5.11 Å². The normalized spacial score (nSPS) is 15.4. The quantitative estimate of drug-likeness (QED) is 0.759. The zero-order chi connectivity index (χ0) is 13.0. The summed E-state index contributed by atoms with van der Waals surface area (Å²) in [4.78, 5) is 10.7. The van der Waals surface area contributed by atoms with Crippen LogP contribution in [0, 0.1) is 5.92 Å². The Balaban J connectivity index is 1.75. The number of carboxylic acids is 1. The van der Waals surface area contributed by atoms with Crippen molar-refractivity contribution in [1.29, 1.82) is 0 Å². The first-order valence-electron chi connectivity index (χ1n) is 6.71. The van der Waals surface area contributed by atoms with Crippen molar-refractivity contribution in [1.82, 2.24) is 5.32 Å². The van der Waals surface area contributed by atoms with Gasteiger partial charge in [0.2, 0.25) is 0 Å². The van der Waals surface area contributed by atoms with Crippen LogP contribution < -0.4 is 5.32 Å². The third kappa shape index (κ3) is 3.33. The molecular formula is C15H21NO2. The van der Waals surface area contributed by atoms with Gasteiger partial charge in [0.15, 0.2) is 0 Å². The highest BCUT2D eigenvalue weighted by Gasteiger charge is 2.11. The molecule has 1 aliphatic carbocycles. The molecule has 0 bridgehead atoms. The van der Waals surface area contributed by atoms with Crippen LogP contribution in [-0.4, -0.2) is 17.6 Å². The van der Waals surface area contributed by atoms with Crippen molar-refractivity contribution in [3.05, 3.63) is 34.9 Å². The van der Waals surface area contributed by atoms with Gasteiger partial charge in [-0.15, -0.1) is 0 Å². The molecule has 0 amide bonds. The highest BCUT2D eigenvalue weighted by atomic mass is 16.4. The van der Waals surface area contributed by atoms with Crippen LogP contribution in [0.3, 0.4) is 0 Å². The zero-order valence-electron chi connectivity index (χ0n) is 10.9. The SMILES string of the molecule is CC(CCNCc1ccc2c(c1)CCC2)C(=O)O. The number of hydrogen-bond donors (Lipinski definition) is 2. The number of carboxylic acid groups (broad SMARTS) is 1. The van der Waals surface area contributed by atoms with Crippen LogP contribution in [-0.2, 0) is 24.2 Å². The Morgan fingerprint density at radius 3 is 2.94 bits per heavy atom. The minimum absolute atomic E-state index is 0.266. The van der Waals surface area contributed by atoms with E-state index < -0.39 is 5.97 Å². The van der Waals surface area contributed by atoms with Gasteiger partial charge < -0.3 is 10.4 Å². The van der Waals surface area contributed by atoms with Crippen LogP contribution in [0.2, 0.25) is 0 Å². The maximum atomic E-state index is 10.7. The maximum absolute atomic E-state index is 10.7. The van der Waals surface area contributed by atoms with Crippen LogP contribution in [0.25, 0.3) is 0 Å². The molecule has 2 N–H and O–H groups in total. The maximum Gasteiger partial charge on any atom is 0.306 e. The first-order valence-corrected chi connectivity index (χ1v) is 6.71. The van der Waals surface area contributed by atoms with E-state index in [1.807, 2.05) is 0 Å². The predicted molar refractivity (Wildman–Crippen MR) is 71.6 cm³/mol. The summed E-state index contributed by atoms with van der Waals surface area (Å²) in [5, 5.41) is 12.1. The third-order valence-electron chi connectivity index (χ3n) is 3.67. The molecule has 1 atom stereocenters. The molecule has 0 saturated carbocycles. The summed E-state index contributed by atoms with van der Waals surface area (Å²) in [6.45, 7) is 3.34. The summed E-state index contributed by atoms with van der Waals surface area (Å²) < 4.78 is 0. The van der Waals surface area contributed by atoms with Crippen LogP contribution in [0.5, 0.6) is 0 Å². The van der Waals surface area contributed by atoms with E-state index in [9.17, 15) is 4.79 Å². The molecule has 1 aromatic rings. The Labute approximate surface area is 108 Å². The molecule has 3 nitrogen and oxygen atoms in total. The van der Waals surface area contributed by atoms with E-state index in [2.05, 4.69) is 23.5 Å². The molecule has 0 saturated heterocycles. The number of aryl methyl sites for hydroxylation is 2. The number of benzene rings is 1. The fourth-order valence-corrected chi connectivity index (χ4v) is 2.41. The third-order valence-corrected chi connectivity index (χ3v) is 3.67. The van der Waals surface area contributed by atoms with E-state index in [-0.39, 0.29) is 5.92 Å². The van der Waals surface area contributed by atoms with Crippen LogP contribution in [0.4, 0.5) is 0 Å². The molecule has 3 heteroatoms. The highest BCUT2D eigenvalue weighted by molar-refractivity contribution is 5.69. The predicted octanol–water partition coefficient (Wildman–Crippen LogP) is 2.38. The Morgan fingerprint density at radius 1 is 1.39 bits per heavy atom. The average Bonchev–Trinajstić information content (AvgIpc) is 2.81. The average molecular weight is 247 g/mol. The second-order valence-electron chi connectivity index (χ2n) is 5.16. The van der Waals surface area contributed by atoms with E-state index in [0.29, 0.717) is 6.42 Å². The monoisotopic (exact) mass is 247 g/mol. The molecule has 0 aromatic heterocycles. The van der Waals surface area contributed by atoms with Gasteiger partial charge in [-0.25, -0.2) is 0 Å². The Bertz CT molecular complexity index is 429. The molecule has 1 aliphatic rings. The molecule has 0 fully saturated rings. The fraction of sp³-hybridized carbons (Fsp3) is 0.533. The lowest BCUT2D eigenvalue weighted by Crippen LogP contribution is -2.20. The van der Waals surface area contributed by atoms with Crippen LogP contribution in [0.1, 0.15) is 36.5 Å². The van der Waals surface area contributed by atoms with Crippen molar-refractivity contribution in [2.45, 2.75) is 39.2 Å². The van der Waals surface area contributed by atoms with Crippen molar-refractivity contribution >= 4 is 5.97 Å². The largest absolute Gasteiger partial charge is 0.481 e. The topological polar surface area (TPSA) is 49.3 Å². The van der Waals surface area contributed by atoms with Gasteiger partial charge in [0.05, 0.1) is 5.92 Å². The van der Waals surface area contributed by atoms with Gasteiger partial charge in [0.1, 0.15) is 0 Å². The number of aliphatic carboxylic acids is 1. The number of nitrogens with one attached hydrogen (secondary N) is 1. The number of rotatable bonds is 6. The van der Waals surface area contributed by atoms with Crippen molar-refractivity contribution in [2.75, 3.05) is 6.54 Å². The number of hydrogen-bond acceptors (Lipinski definition) is 2. The summed E-state index contributed by atoms with van der Waals surface area (Å²) >= 11 is 0.